The third-order valence-corrected chi connectivity index (χ3v) is 4.63. The van der Waals surface area contributed by atoms with Crippen LogP contribution in [0, 0.1) is 0 Å². The number of aromatic nitrogens is 1. The lowest BCUT2D eigenvalue weighted by Crippen LogP contribution is -2.47. The van der Waals surface area contributed by atoms with Crippen LogP contribution in [-0.2, 0) is 16.0 Å². The van der Waals surface area contributed by atoms with Crippen LogP contribution in [0.2, 0.25) is 0 Å². The Balaban J connectivity index is 1.58. The maximum absolute atomic E-state index is 12.7. The second-order valence-electron chi connectivity index (χ2n) is 6.16. The number of carbonyl (C=O) groups excluding carboxylic acids is 1. The maximum Gasteiger partial charge on any atom is 0.228 e. The number of likely N-dealkylation sites (tertiary alicyclic amines) is 1. The summed E-state index contributed by atoms with van der Waals surface area (Å²) in [4.78, 5) is 21.4. The summed E-state index contributed by atoms with van der Waals surface area (Å²) in [6.45, 7) is 5.35. The Bertz CT molecular complexity index is 532. The molecule has 2 aliphatic rings. The lowest BCUT2D eigenvalue weighted by atomic mass is 10.1. The van der Waals surface area contributed by atoms with Crippen LogP contribution >= 0.6 is 0 Å². The van der Waals surface area contributed by atoms with E-state index in [1.54, 1.807) is 19.4 Å². The number of hydrogen-bond donors (Lipinski definition) is 0. The molecular weight excluding hydrogens is 294 g/mol. The number of hydrogen-bond acceptors (Lipinski definition) is 5. The van der Waals surface area contributed by atoms with Crippen LogP contribution in [0.15, 0.2) is 18.3 Å². The van der Waals surface area contributed by atoms with E-state index in [1.165, 1.54) is 0 Å². The maximum atomic E-state index is 12.7. The minimum absolute atomic E-state index is 0.168. The van der Waals surface area contributed by atoms with Crippen molar-refractivity contribution in [3.05, 3.63) is 24.0 Å². The highest BCUT2D eigenvalue weighted by atomic mass is 16.5. The van der Waals surface area contributed by atoms with Gasteiger partial charge in [-0.1, -0.05) is 0 Å². The molecule has 0 spiro atoms. The fourth-order valence-corrected chi connectivity index (χ4v) is 3.37. The zero-order valence-corrected chi connectivity index (χ0v) is 13.7. The third-order valence-electron chi connectivity index (χ3n) is 4.63. The number of morpholine rings is 1. The van der Waals surface area contributed by atoms with E-state index in [0.29, 0.717) is 12.5 Å². The average Bonchev–Trinajstić information content (AvgIpc) is 3.04. The predicted octanol–water partition coefficient (Wildman–Crippen LogP) is 0.956. The van der Waals surface area contributed by atoms with Gasteiger partial charge in [0.2, 0.25) is 5.91 Å². The minimum atomic E-state index is 0.168. The van der Waals surface area contributed by atoms with Crippen molar-refractivity contribution in [2.45, 2.75) is 25.3 Å². The highest BCUT2D eigenvalue weighted by Gasteiger charge is 2.30. The van der Waals surface area contributed by atoms with Gasteiger partial charge in [0, 0.05) is 44.5 Å². The number of carbonyl (C=O) groups is 1. The largest absolute Gasteiger partial charge is 0.497 e. The molecule has 0 bridgehead atoms. The van der Waals surface area contributed by atoms with Crippen molar-refractivity contribution < 1.29 is 14.3 Å². The van der Waals surface area contributed by atoms with Crippen molar-refractivity contribution in [2.75, 3.05) is 46.5 Å². The van der Waals surface area contributed by atoms with Crippen molar-refractivity contribution in [1.29, 1.82) is 0 Å². The average molecular weight is 319 g/mol. The van der Waals surface area contributed by atoms with Crippen LogP contribution in [-0.4, -0.2) is 73.2 Å². The molecule has 2 aliphatic heterocycles. The van der Waals surface area contributed by atoms with E-state index in [2.05, 4.69) is 9.88 Å². The molecule has 0 radical (unpaired) electrons. The van der Waals surface area contributed by atoms with Gasteiger partial charge in [0.05, 0.1) is 32.4 Å². The third kappa shape index (κ3) is 4.20. The minimum Gasteiger partial charge on any atom is -0.497 e. The Hall–Kier alpha value is -1.66. The molecule has 0 N–H and O–H groups in total. The lowest BCUT2D eigenvalue weighted by molar-refractivity contribution is -0.131. The molecule has 6 nitrogen and oxygen atoms in total. The topological polar surface area (TPSA) is 54.9 Å². The van der Waals surface area contributed by atoms with E-state index >= 15 is 0 Å². The Morgan fingerprint density at radius 3 is 3.00 bits per heavy atom. The van der Waals surface area contributed by atoms with Gasteiger partial charge >= 0.3 is 0 Å². The van der Waals surface area contributed by atoms with Crippen molar-refractivity contribution in [1.82, 2.24) is 14.8 Å². The van der Waals surface area contributed by atoms with Crippen molar-refractivity contribution in [3.8, 4) is 5.75 Å². The van der Waals surface area contributed by atoms with Gasteiger partial charge in [-0.05, 0) is 18.9 Å². The van der Waals surface area contributed by atoms with Gasteiger partial charge in [0.1, 0.15) is 5.75 Å². The summed E-state index contributed by atoms with van der Waals surface area (Å²) in [7, 11) is 1.62. The molecule has 0 aromatic carbocycles. The molecule has 3 heterocycles. The smallest absolute Gasteiger partial charge is 0.228 e. The van der Waals surface area contributed by atoms with Gasteiger partial charge in [-0.3, -0.25) is 14.7 Å². The first kappa shape index (κ1) is 16.2. The summed E-state index contributed by atoms with van der Waals surface area (Å²) in [5, 5.41) is 0. The highest BCUT2D eigenvalue weighted by molar-refractivity contribution is 5.79. The zero-order valence-electron chi connectivity index (χ0n) is 13.7. The van der Waals surface area contributed by atoms with Crippen LogP contribution < -0.4 is 4.74 Å². The summed E-state index contributed by atoms with van der Waals surface area (Å²) >= 11 is 0. The van der Waals surface area contributed by atoms with Crippen LogP contribution in [0.4, 0.5) is 0 Å². The SMILES string of the molecule is COc1ccnc(CC(=O)N2CCCC2CN2CCOCC2)c1. The molecule has 23 heavy (non-hydrogen) atoms. The number of pyridine rings is 1. The van der Waals surface area contributed by atoms with E-state index in [-0.39, 0.29) is 5.91 Å². The summed E-state index contributed by atoms with van der Waals surface area (Å²) < 4.78 is 10.6. The molecule has 1 aromatic rings. The summed E-state index contributed by atoms with van der Waals surface area (Å²) in [6.07, 6.45) is 4.22. The van der Waals surface area contributed by atoms with Crippen molar-refractivity contribution in [2.24, 2.45) is 0 Å². The van der Waals surface area contributed by atoms with Crippen LogP contribution in [0.25, 0.3) is 0 Å². The molecule has 3 rings (SSSR count). The van der Waals surface area contributed by atoms with E-state index < -0.39 is 0 Å². The number of methoxy groups -OCH3 is 1. The van der Waals surface area contributed by atoms with Gasteiger partial charge in [-0.15, -0.1) is 0 Å². The fourth-order valence-electron chi connectivity index (χ4n) is 3.37. The predicted molar refractivity (Wildman–Crippen MR) is 86.5 cm³/mol. The van der Waals surface area contributed by atoms with Gasteiger partial charge in [0.25, 0.3) is 0 Å². The summed E-state index contributed by atoms with van der Waals surface area (Å²) in [6, 6.07) is 3.96. The Morgan fingerprint density at radius 1 is 1.39 bits per heavy atom. The number of amides is 1. The monoisotopic (exact) mass is 319 g/mol. The Kier molecular flexibility index (Phi) is 5.46. The number of ether oxygens (including phenoxy) is 2. The van der Waals surface area contributed by atoms with Crippen LogP contribution in [0.5, 0.6) is 5.75 Å². The first-order chi connectivity index (χ1) is 11.3. The fraction of sp³-hybridized carbons (Fsp3) is 0.647. The van der Waals surface area contributed by atoms with Gasteiger partial charge in [-0.25, -0.2) is 0 Å². The number of nitrogens with zero attached hydrogens (tertiary/aromatic N) is 3. The van der Waals surface area contributed by atoms with Crippen molar-refractivity contribution >= 4 is 5.91 Å². The standard InChI is InChI=1S/C17H25N3O3/c1-22-16-4-5-18-14(11-16)12-17(21)20-6-2-3-15(20)13-19-7-9-23-10-8-19/h4-5,11,15H,2-3,6-10,12-13H2,1H3. The van der Waals surface area contributed by atoms with E-state index in [0.717, 1.165) is 63.7 Å². The zero-order chi connectivity index (χ0) is 16.1. The molecular formula is C17H25N3O3. The molecule has 1 amide bonds. The number of rotatable bonds is 5. The van der Waals surface area contributed by atoms with Gasteiger partial charge < -0.3 is 14.4 Å². The highest BCUT2D eigenvalue weighted by Crippen LogP contribution is 2.20. The summed E-state index contributed by atoms with van der Waals surface area (Å²) in [5.74, 6) is 0.913. The molecule has 0 saturated carbocycles. The second-order valence-corrected chi connectivity index (χ2v) is 6.16. The molecule has 126 valence electrons. The Labute approximate surface area is 137 Å². The lowest BCUT2D eigenvalue weighted by Gasteiger charge is -2.33. The molecule has 2 saturated heterocycles. The van der Waals surface area contributed by atoms with Crippen LogP contribution in [0.1, 0.15) is 18.5 Å². The van der Waals surface area contributed by atoms with E-state index in [9.17, 15) is 4.79 Å². The van der Waals surface area contributed by atoms with Crippen molar-refractivity contribution in [3.63, 3.8) is 0 Å². The molecule has 1 atom stereocenters. The first-order valence-electron chi connectivity index (χ1n) is 8.35. The van der Waals surface area contributed by atoms with E-state index in [4.69, 9.17) is 9.47 Å². The molecule has 2 fully saturated rings. The molecule has 1 unspecified atom stereocenters. The first-order valence-corrected chi connectivity index (χ1v) is 8.35. The van der Waals surface area contributed by atoms with Crippen LogP contribution in [0.3, 0.4) is 0 Å². The molecule has 0 aliphatic carbocycles. The second kappa shape index (κ2) is 7.75. The Morgan fingerprint density at radius 2 is 2.22 bits per heavy atom. The van der Waals surface area contributed by atoms with E-state index in [1.807, 2.05) is 11.0 Å². The van der Waals surface area contributed by atoms with Gasteiger partial charge in [-0.2, -0.15) is 0 Å². The van der Waals surface area contributed by atoms with Gasteiger partial charge in [0.15, 0.2) is 0 Å². The normalized spacial score (nSPS) is 22.3. The quantitative estimate of drug-likeness (QED) is 0.809. The molecule has 1 aromatic heterocycles. The summed E-state index contributed by atoms with van der Waals surface area (Å²) in [5.41, 5.74) is 0.770. The molecule has 6 heteroatoms.